The maximum absolute atomic E-state index is 13.2. The zero-order valence-electron chi connectivity index (χ0n) is 16.4. The number of nitrogens with one attached hydrogen (secondary N) is 1. The molecular formula is C23H24FN3O. The molecule has 1 aromatic heterocycles. The molecule has 3 aromatic rings. The van der Waals surface area contributed by atoms with Crippen molar-refractivity contribution in [3.8, 4) is 5.69 Å². The van der Waals surface area contributed by atoms with Gasteiger partial charge in [0.15, 0.2) is 0 Å². The summed E-state index contributed by atoms with van der Waals surface area (Å²) in [6, 6.07) is 15.6. The number of hydrogen-bond donors (Lipinski definition) is 1. The molecule has 4 nitrogen and oxygen atoms in total. The van der Waals surface area contributed by atoms with Crippen LogP contribution in [0.3, 0.4) is 0 Å². The molecule has 0 radical (unpaired) electrons. The van der Waals surface area contributed by atoms with Gasteiger partial charge in [-0.1, -0.05) is 32.0 Å². The van der Waals surface area contributed by atoms with E-state index in [-0.39, 0.29) is 23.2 Å². The van der Waals surface area contributed by atoms with Gasteiger partial charge in [0.05, 0.1) is 23.1 Å². The van der Waals surface area contributed by atoms with Crippen LogP contribution in [0.25, 0.3) is 5.69 Å². The van der Waals surface area contributed by atoms with Crippen molar-refractivity contribution >= 4 is 5.91 Å². The minimum atomic E-state index is -0.349. The Kier molecular flexibility index (Phi) is 4.53. The third-order valence-electron chi connectivity index (χ3n) is 5.37. The number of hydrogen-bond acceptors (Lipinski definition) is 2. The second kappa shape index (κ2) is 6.89. The third-order valence-corrected chi connectivity index (χ3v) is 5.37. The Labute approximate surface area is 164 Å². The fraction of sp³-hybridized carbons (Fsp3) is 0.304. The molecule has 1 unspecified atom stereocenters. The Balaban J connectivity index is 1.72. The first kappa shape index (κ1) is 18.4. The van der Waals surface area contributed by atoms with E-state index in [0.29, 0.717) is 5.56 Å². The lowest BCUT2D eigenvalue weighted by molar-refractivity contribution is 0.0919. The van der Waals surface area contributed by atoms with Gasteiger partial charge in [0.25, 0.3) is 5.91 Å². The number of aromatic nitrogens is 2. The Morgan fingerprint density at radius 2 is 1.82 bits per heavy atom. The molecule has 0 aliphatic heterocycles. The van der Waals surface area contributed by atoms with Gasteiger partial charge in [-0.2, -0.15) is 5.10 Å². The van der Waals surface area contributed by atoms with E-state index in [1.165, 1.54) is 24.3 Å². The van der Waals surface area contributed by atoms with E-state index in [4.69, 9.17) is 5.10 Å². The van der Waals surface area contributed by atoms with E-state index < -0.39 is 0 Å². The molecule has 0 saturated heterocycles. The van der Waals surface area contributed by atoms with Gasteiger partial charge < -0.3 is 5.32 Å². The Bertz CT molecular complexity index is 1010. The molecule has 4 rings (SSSR count). The minimum absolute atomic E-state index is 0.0206. The van der Waals surface area contributed by atoms with Gasteiger partial charge in [-0.25, -0.2) is 9.07 Å². The van der Waals surface area contributed by atoms with Crippen LogP contribution >= 0.6 is 0 Å². The summed E-state index contributed by atoms with van der Waals surface area (Å²) in [6.45, 7) is 6.42. The second-order valence-electron chi connectivity index (χ2n) is 8.27. The normalized spacial score (nSPS) is 17.8. The molecule has 1 amide bonds. The number of carbonyl (C=O) groups is 1. The summed E-state index contributed by atoms with van der Waals surface area (Å²) < 4.78 is 15.2. The van der Waals surface area contributed by atoms with E-state index in [2.05, 4.69) is 19.2 Å². The van der Waals surface area contributed by atoms with Gasteiger partial charge in [-0.05, 0) is 61.6 Å². The molecule has 1 heterocycles. The molecule has 1 atom stereocenters. The van der Waals surface area contributed by atoms with Crippen molar-refractivity contribution in [2.45, 2.75) is 39.7 Å². The van der Waals surface area contributed by atoms with Crippen molar-refractivity contribution in [2.24, 2.45) is 5.41 Å². The summed E-state index contributed by atoms with van der Waals surface area (Å²) in [5.41, 5.74) is 4.67. The number of aryl methyl sites for hydroxylation is 1. The van der Waals surface area contributed by atoms with Crippen molar-refractivity contribution in [2.75, 3.05) is 0 Å². The molecule has 0 bridgehead atoms. The number of carbonyl (C=O) groups excluding carboxylic acids is 1. The van der Waals surface area contributed by atoms with Crippen LogP contribution in [-0.2, 0) is 6.42 Å². The number of para-hydroxylation sites is 1. The summed E-state index contributed by atoms with van der Waals surface area (Å²) in [7, 11) is 0. The molecule has 28 heavy (non-hydrogen) atoms. The molecule has 1 aliphatic rings. The molecule has 1 N–H and O–H groups in total. The molecule has 2 aromatic carbocycles. The number of fused-ring (bicyclic) bond motifs is 1. The van der Waals surface area contributed by atoms with Gasteiger partial charge in [-0.15, -0.1) is 0 Å². The highest BCUT2D eigenvalue weighted by molar-refractivity contribution is 5.94. The van der Waals surface area contributed by atoms with Gasteiger partial charge in [0.2, 0.25) is 0 Å². The van der Waals surface area contributed by atoms with E-state index in [1.807, 2.05) is 41.9 Å². The fourth-order valence-electron chi connectivity index (χ4n) is 4.14. The first-order valence-electron chi connectivity index (χ1n) is 9.54. The van der Waals surface area contributed by atoms with Gasteiger partial charge >= 0.3 is 0 Å². The van der Waals surface area contributed by atoms with E-state index >= 15 is 0 Å². The van der Waals surface area contributed by atoms with Crippen LogP contribution in [0.15, 0.2) is 54.6 Å². The highest BCUT2D eigenvalue weighted by atomic mass is 19.1. The van der Waals surface area contributed by atoms with E-state index in [9.17, 15) is 9.18 Å². The van der Waals surface area contributed by atoms with Crippen LogP contribution in [0.1, 0.15) is 53.6 Å². The summed E-state index contributed by atoms with van der Waals surface area (Å²) in [5.74, 6) is -0.543. The van der Waals surface area contributed by atoms with Crippen molar-refractivity contribution < 1.29 is 9.18 Å². The van der Waals surface area contributed by atoms with Crippen molar-refractivity contribution in [1.82, 2.24) is 15.1 Å². The first-order valence-corrected chi connectivity index (χ1v) is 9.54. The molecule has 0 saturated carbocycles. The van der Waals surface area contributed by atoms with E-state index in [1.54, 1.807) is 0 Å². The van der Waals surface area contributed by atoms with Crippen LogP contribution in [0.5, 0.6) is 0 Å². The first-order chi connectivity index (χ1) is 13.3. The number of benzene rings is 2. The number of rotatable bonds is 3. The van der Waals surface area contributed by atoms with Crippen molar-refractivity contribution in [3.63, 3.8) is 0 Å². The molecular weight excluding hydrogens is 353 g/mol. The smallest absolute Gasteiger partial charge is 0.251 e. The zero-order valence-corrected chi connectivity index (χ0v) is 16.4. The monoisotopic (exact) mass is 377 g/mol. The topological polar surface area (TPSA) is 46.9 Å². The lowest BCUT2D eigenvalue weighted by Gasteiger charge is -2.36. The van der Waals surface area contributed by atoms with Gasteiger partial charge in [-0.3, -0.25) is 4.79 Å². The molecule has 5 heteroatoms. The lowest BCUT2D eigenvalue weighted by Crippen LogP contribution is -2.37. The van der Waals surface area contributed by atoms with Crippen molar-refractivity contribution in [1.29, 1.82) is 0 Å². The van der Waals surface area contributed by atoms with Crippen LogP contribution in [0.4, 0.5) is 4.39 Å². The van der Waals surface area contributed by atoms with Crippen LogP contribution in [-0.4, -0.2) is 15.7 Å². The number of nitrogens with zero attached hydrogens (tertiary/aromatic N) is 2. The fourth-order valence-corrected chi connectivity index (χ4v) is 4.14. The number of halogens is 1. The predicted octanol–water partition coefficient (Wildman–Crippen LogP) is 4.76. The highest BCUT2D eigenvalue weighted by Gasteiger charge is 2.37. The largest absolute Gasteiger partial charge is 0.345 e. The Morgan fingerprint density at radius 3 is 2.50 bits per heavy atom. The summed E-state index contributed by atoms with van der Waals surface area (Å²) in [5, 5.41) is 7.94. The maximum Gasteiger partial charge on any atom is 0.251 e. The average molecular weight is 377 g/mol. The van der Waals surface area contributed by atoms with Crippen LogP contribution in [0.2, 0.25) is 0 Å². The second-order valence-corrected chi connectivity index (χ2v) is 8.27. The summed E-state index contributed by atoms with van der Waals surface area (Å²) in [6.07, 6.45) is 1.72. The standard InChI is InChI=1S/C23H24FN3O/c1-15-21-19(25-22(28)16-9-11-17(24)12-10-16)13-23(2,3)14-20(21)27(26-15)18-7-5-4-6-8-18/h4-12,19H,13-14H2,1-3H3,(H,25,28). The molecule has 0 fully saturated rings. The Morgan fingerprint density at radius 1 is 1.14 bits per heavy atom. The SMILES string of the molecule is Cc1nn(-c2ccccc2)c2c1C(NC(=O)c1ccc(F)cc1)CC(C)(C)C2. The van der Waals surface area contributed by atoms with Crippen molar-refractivity contribution in [3.05, 3.63) is 82.9 Å². The molecule has 1 aliphatic carbocycles. The zero-order chi connectivity index (χ0) is 19.9. The Hall–Kier alpha value is -2.95. The summed E-state index contributed by atoms with van der Waals surface area (Å²) >= 11 is 0. The summed E-state index contributed by atoms with van der Waals surface area (Å²) in [4.78, 5) is 12.8. The maximum atomic E-state index is 13.2. The predicted molar refractivity (Wildman–Crippen MR) is 107 cm³/mol. The number of amides is 1. The lowest BCUT2D eigenvalue weighted by atomic mass is 9.73. The van der Waals surface area contributed by atoms with Crippen LogP contribution in [0, 0.1) is 18.2 Å². The molecule has 0 spiro atoms. The highest BCUT2D eigenvalue weighted by Crippen LogP contribution is 2.42. The van der Waals surface area contributed by atoms with Crippen LogP contribution < -0.4 is 5.32 Å². The van der Waals surface area contributed by atoms with Gasteiger partial charge in [0.1, 0.15) is 5.82 Å². The van der Waals surface area contributed by atoms with Gasteiger partial charge in [0, 0.05) is 11.1 Å². The quantitative estimate of drug-likeness (QED) is 0.715. The third kappa shape index (κ3) is 3.44. The van der Waals surface area contributed by atoms with E-state index in [0.717, 1.165) is 35.5 Å². The minimum Gasteiger partial charge on any atom is -0.345 e. The molecule has 144 valence electrons. The average Bonchev–Trinajstić information content (AvgIpc) is 2.98.